The van der Waals surface area contributed by atoms with Gasteiger partial charge in [-0.25, -0.2) is 0 Å². The lowest BCUT2D eigenvalue weighted by atomic mass is 9.47. The molecule has 5 rings (SSSR count). The van der Waals surface area contributed by atoms with E-state index in [2.05, 4.69) is 32.9 Å². The number of aliphatic hydroxyl groups is 1. The Bertz CT molecular complexity index is 828. The summed E-state index contributed by atoms with van der Waals surface area (Å²) in [5, 5.41) is 21.2. The van der Waals surface area contributed by atoms with Crippen molar-refractivity contribution >= 4 is 0 Å². The summed E-state index contributed by atoms with van der Waals surface area (Å²) in [5.41, 5.74) is 3.63. The molecule has 0 saturated heterocycles. The molecule has 2 heteroatoms. The lowest BCUT2D eigenvalue weighted by molar-refractivity contribution is -0.0548. The van der Waals surface area contributed by atoms with Crippen LogP contribution in [0.5, 0.6) is 5.75 Å². The van der Waals surface area contributed by atoms with E-state index in [-0.39, 0.29) is 11.5 Å². The van der Waals surface area contributed by atoms with E-state index in [1.54, 1.807) is 11.6 Å². The highest BCUT2D eigenvalue weighted by Crippen LogP contribution is 2.67. The smallest absolute Gasteiger partial charge is 0.115 e. The quantitative estimate of drug-likeness (QED) is 0.560. The van der Waals surface area contributed by atoms with Gasteiger partial charge in [-0.05, 0) is 109 Å². The van der Waals surface area contributed by atoms with Crippen molar-refractivity contribution in [2.24, 2.45) is 40.4 Å². The van der Waals surface area contributed by atoms with Crippen LogP contribution < -0.4 is 0 Å². The van der Waals surface area contributed by atoms with Gasteiger partial charge in [-0.2, -0.15) is 0 Å². The van der Waals surface area contributed by atoms with Crippen LogP contribution in [0, 0.1) is 40.4 Å². The van der Waals surface area contributed by atoms with E-state index in [0.717, 1.165) is 24.7 Å². The summed E-state index contributed by atoms with van der Waals surface area (Å²) in [5.74, 6) is 3.36. The SMILES string of the molecule is CC(Cc1cccc(O)c1)[C@H]1C(O)C[C@H]2[C@@H]3CC=C4CCCC[C@]4(C)[C@H]3CC[C@]12C. The van der Waals surface area contributed by atoms with E-state index < -0.39 is 0 Å². The van der Waals surface area contributed by atoms with Crippen LogP contribution in [0.2, 0.25) is 0 Å². The van der Waals surface area contributed by atoms with Crippen LogP contribution in [-0.2, 0) is 6.42 Å². The van der Waals surface area contributed by atoms with Gasteiger partial charge < -0.3 is 10.2 Å². The highest BCUT2D eigenvalue weighted by atomic mass is 16.3. The fraction of sp³-hybridized carbons (Fsp3) is 0.714. The maximum Gasteiger partial charge on any atom is 0.115 e. The molecule has 0 radical (unpaired) electrons. The maximum atomic E-state index is 11.3. The minimum atomic E-state index is -0.185. The van der Waals surface area contributed by atoms with Crippen LogP contribution in [0.3, 0.4) is 0 Å². The van der Waals surface area contributed by atoms with Gasteiger partial charge in [0.25, 0.3) is 0 Å². The van der Waals surface area contributed by atoms with Crippen molar-refractivity contribution in [1.29, 1.82) is 0 Å². The van der Waals surface area contributed by atoms with E-state index in [9.17, 15) is 10.2 Å². The predicted molar refractivity (Wildman–Crippen MR) is 122 cm³/mol. The molecule has 1 aromatic carbocycles. The molecule has 0 spiro atoms. The molecule has 0 aromatic heterocycles. The summed E-state index contributed by atoms with van der Waals surface area (Å²) < 4.78 is 0. The first-order valence-corrected chi connectivity index (χ1v) is 12.5. The van der Waals surface area contributed by atoms with Gasteiger partial charge in [-0.15, -0.1) is 0 Å². The van der Waals surface area contributed by atoms with Gasteiger partial charge in [-0.3, -0.25) is 0 Å². The average molecular weight is 409 g/mol. The number of phenolic OH excluding ortho intramolecular Hbond substituents is 1. The van der Waals surface area contributed by atoms with Crippen LogP contribution >= 0.6 is 0 Å². The third kappa shape index (κ3) is 3.08. The van der Waals surface area contributed by atoms with Crippen molar-refractivity contribution in [2.75, 3.05) is 0 Å². The van der Waals surface area contributed by atoms with Crippen molar-refractivity contribution in [3.05, 3.63) is 41.5 Å². The van der Waals surface area contributed by atoms with Gasteiger partial charge in [0.05, 0.1) is 6.10 Å². The topological polar surface area (TPSA) is 40.5 Å². The number of rotatable bonds is 3. The number of aliphatic hydroxyl groups excluding tert-OH is 1. The third-order valence-electron chi connectivity index (χ3n) is 10.2. The number of hydrogen-bond acceptors (Lipinski definition) is 2. The second-order valence-corrected chi connectivity index (χ2v) is 11.7. The van der Waals surface area contributed by atoms with Crippen molar-refractivity contribution in [2.45, 2.75) is 84.7 Å². The number of benzene rings is 1. The second kappa shape index (κ2) is 7.40. The first-order chi connectivity index (χ1) is 14.3. The van der Waals surface area contributed by atoms with Crippen LogP contribution in [0.15, 0.2) is 35.9 Å². The molecular weight excluding hydrogens is 368 g/mol. The van der Waals surface area contributed by atoms with Crippen LogP contribution in [0.4, 0.5) is 0 Å². The largest absolute Gasteiger partial charge is 0.508 e. The maximum absolute atomic E-state index is 11.3. The zero-order valence-electron chi connectivity index (χ0n) is 19.1. The summed E-state index contributed by atoms with van der Waals surface area (Å²) in [7, 11) is 0. The number of allylic oxidation sites excluding steroid dienone is 2. The van der Waals surface area contributed by atoms with E-state index in [0.29, 0.717) is 28.9 Å². The van der Waals surface area contributed by atoms with Crippen LogP contribution in [0.25, 0.3) is 0 Å². The monoisotopic (exact) mass is 408 g/mol. The van der Waals surface area contributed by atoms with Gasteiger partial charge in [0.2, 0.25) is 0 Å². The summed E-state index contributed by atoms with van der Waals surface area (Å²) in [6, 6.07) is 7.69. The van der Waals surface area contributed by atoms with E-state index in [4.69, 9.17) is 0 Å². The Morgan fingerprint density at radius 1 is 1.13 bits per heavy atom. The van der Waals surface area contributed by atoms with Crippen molar-refractivity contribution in [3.63, 3.8) is 0 Å². The number of phenols is 1. The molecule has 1 aromatic rings. The average Bonchev–Trinajstić information content (AvgIpc) is 2.97. The van der Waals surface area contributed by atoms with Crippen LogP contribution in [0.1, 0.15) is 77.7 Å². The molecule has 164 valence electrons. The molecule has 2 unspecified atom stereocenters. The third-order valence-corrected chi connectivity index (χ3v) is 10.2. The fourth-order valence-corrected chi connectivity index (χ4v) is 8.96. The predicted octanol–water partition coefficient (Wildman–Crippen LogP) is 6.51. The minimum Gasteiger partial charge on any atom is -0.508 e. The molecule has 2 nitrogen and oxygen atoms in total. The van der Waals surface area contributed by atoms with Crippen molar-refractivity contribution in [1.82, 2.24) is 0 Å². The molecule has 0 amide bonds. The molecular formula is C28H40O2. The van der Waals surface area contributed by atoms with Gasteiger partial charge in [0, 0.05) is 0 Å². The van der Waals surface area contributed by atoms with E-state index in [1.165, 1.54) is 50.5 Å². The Morgan fingerprint density at radius 2 is 1.97 bits per heavy atom. The Labute approximate surface area is 182 Å². The van der Waals surface area contributed by atoms with Gasteiger partial charge in [0.1, 0.15) is 5.75 Å². The Morgan fingerprint density at radius 3 is 2.77 bits per heavy atom. The standard InChI is InChI=1S/C28H40O2/c1-18(15-19-7-6-9-21(29)16-19)26-25(30)17-24-22-11-10-20-8-4-5-13-27(20,2)23(22)12-14-28(24,26)3/h6-7,9-10,16,18,22-26,29-30H,4-5,8,11-15,17H2,1-3H3/t18?,22-,23+,24+,25?,26+,27+,28+/m1/s1. The molecule has 3 saturated carbocycles. The Hall–Kier alpha value is -1.28. The highest BCUT2D eigenvalue weighted by Gasteiger charge is 2.61. The Kier molecular flexibility index (Phi) is 5.08. The zero-order chi connectivity index (χ0) is 21.1. The van der Waals surface area contributed by atoms with E-state index in [1.807, 2.05) is 12.1 Å². The molecule has 8 atom stereocenters. The number of fused-ring (bicyclic) bond motifs is 5. The lowest BCUT2D eigenvalue weighted by Gasteiger charge is -2.58. The summed E-state index contributed by atoms with van der Waals surface area (Å²) in [6.07, 6.45) is 13.7. The molecule has 4 aliphatic rings. The molecule has 4 aliphatic carbocycles. The Balaban J connectivity index is 1.40. The highest BCUT2D eigenvalue weighted by molar-refractivity contribution is 5.28. The van der Waals surface area contributed by atoms with Gasteiger partial charge in [0.15, 0.2) is 0 Å². The second-order valence-electron chi connectivity index (χ2n) is 11.7. The lowest BCUT2D eigenvalue weighted by Crippen LogP contribution is -2.50. The minimum absolute atomic E-state index is 0.185. The summed E-state index contributed by atoms with van der Waals surface area (Å²) in [4.78, 5) is 0. The van der Waals surface area contributed by atoms with Crippen molar-refractivity contribution < 1.29 is 10.2 Å². The molecule has 2 N–H and O–H groups in total. The molecule has 3 fully saturated rings. The fourth-order valence-electron chi connectivity index (χ4n) is 8.96. The van der Waals surface area contributed by atoms with Gasteiger partial charge >= 0.3 is 0 Å². The van der Waals surface area contributed by atoms with Crippen LogP contribution in [-0.4, -0.2) is 16.3 Å². The molecule has 0 heterocycles. The summed E-state index contributed by atoms with van der Waals surface area (Å²) >= 11 is 0. The van der Waals surface area contributed by atoms with Gasteiger partial charge in [-0.1, -0.05) is 51.0 Å². The normalized spacial score (nSPS) is 43.9. The molecule has 0 aliphatic heterocycles. The first kappa shape index (κ1) is 20.6. The number of hydrogen-bond donors (Lipinski definition) is 2. The molecule has 30 heavy (non-hydrogen) atoms. The van der Waals surface area contributed by atoms with E-state index >= 15 is 0 Å². The zero-order valence-corrected chi connectivity index (χ0v) is 19.1. The molecule has 0 bridgehead atoms. The number of aromatic hydroxyl groups is 1. The summed E-state index contributed by atoms with van der Waals surface area (Å²) in [6.45, 7) is 7.42. The first-order valence-electron chi connectivity index (χ1n) is 12.5. The van der Waals surface area contributed by atoms with Crippen molar-refractivity contribution in [3.8, 4) is 5.75 Å².